The van der Waals surface area contributed by atoms with E-state index < -0.39 is 5.82 Å². The molecule has 0 saturated carbocycles. The molecule has 4 aromatic rings. The van der Waals surface area contributed by atoms with Crippen LogP contribution in [-0.4, -0.2) is 21.9 Å². The van der Waals surface area contributed by atoms with E-state index in [2.05, 4.69) is 20.9 Å². The third-order valence-corrected chi connectivity index (χ3v) is 6.68. The molecule has 0 atom stereocenters. The fourth-order valence-electron chi connectivity index (χ4n) is 2.79. The number of fused-ring (bicyclic) bond motifs is 1. The molecule has 2 aromatic carbocycles. The van der Waals surface area contributed by atoms with E-state index in [1.165, 1.54) is 23.9 Å². The van der Waals surface area contributed by atoms with Crippen molar-refractivity contribution in [2.75, 3.05) is 7.11 Å². The molecule has 0 unspecified atom stereocenters. The summed E-state index contributed by atoms with van der Waals surface area (Å²) >= 11 is 17.1. The number of nitrogens with zero attached hydrogens (tertiary/aromatic N) is 3. The molecule has 0 N–H and O–H groups in total. The summed E-state index contributed by atoms with van der Waals surface area (Å²) in [7, 11) is 1.63. The van der Waals surface area contributed by atoms with Crippen LogP contribution < -0.4 is 4.74 Å². The third kappa shape index (κ3) is 4.23. The van der Waals surface area contributed by atoms with E-state index in [1.807, 2.05) is 30.3 Å². The average Bonchev–Trinajstić information content (AvgIpc) is 3.05. The summed E-state index contributed by atoms with van der Waals surface area (Å²) in [4.78, 5) is 4.93. The van der Waals surface area contributed by atoms with Crippen LogP contribution in [0.4, 0.5) is 4.39 Å². The Balaban J connectivity index is 1.77. The van der Waals surface area contributed by atoms with Crippen LogP contribution in [0.3, 0.4) is 0 Å². The van der Waals surface area contributed by atoms with E-state index in [9.17, 15) is 4.39 Å². The fourth-order valence-corrected chi connectivity index (χ4v) is 4.67. The predicted octanol–water partition coefficient (Wildman–Crippen LogP) is 6.85. The molecule has 0 spiro atoms. The van der Waals surface area contributed by atoms with E-state index in [0.29, 0.717) is 27.1 Å². The molecule has 0 bridgehead atoms. The second-order valence-corrected chi connectivity index (χ2v) is 8.81. The molecular weight excluding hydrogens is 500 g/mol. The molecule has 9 heteroatoms. The fraction of sp³-hybridized carbons (Fsp3) is 0.100. The highest BCUT2D eigenvalue weighted by Crippen LogP contribution is 2.41. The lowest BCUT2D eigenvalue weighted by molar-refractivity contribution is 0.414. The first-order valence-electron chi connectivity index (χ1n) is 8.42. The summed E-state index contributed by atoms with van der Waals surface area (Å²) < 4.78 is 21.8. The van der Waals surface area contributed by atoms with Gasteiger partial charge in [-0.2, -0.15) is 5.10 Å². The number of ether oxygens (including phenoxy) is 1. The predicted molar refractivity (Wildman–Crippen MR) is 118 cm³/mol. The molecule has 148 valence electrons. The van der Waals surface area contributed by atoms with Crippen molar-refractivity contribution in [3.05, 3.63) is 74.6 Å². The quantitative estimate of drug-likeness (QED) is 0.274. The Morgan fingerprint density at radius 3 is 2.66 bits per heavy atom. The van der Waals surface area contributed by atoms with Gasteiger partial charge in [0.1, 0.15) is 16.6 Å². The zero-order chi connectivity index (χ0) is 20.5. The van der Waals surface area contributed by atoms with Crippen LogP contribution in [0.5, 0.6) is 5.75 Å². The normalized spacial score (nSPS) is 11.2. The Hall–Kier alpha value is -1.80. The Bertz CT molecular complexity index is 1200. The summed E-state index contributed by atoms with van der Waals surface area (Å²) in [6.45, 7) is 0.514. The Kier molecular flexibility index (Phi) is 6.01. The average molecular weight is 513 g/mol. The van der Waals surface area contributed by atoms with Gasteiger partial charge in [-0.05, 0) is 51.8 Å². The molecule has 0 aliphatic rings. The van der Waals surface area contributed by atoms with Gasteiger partial charge in [0.15, 0.2) is 5.65 Å². The number of methoxy groups -OCH3 is 1. The number of hydrogen-bond donors (Lipinski definition) is 0. The largest absolute Gasteiger partial charge is 0.497 e. The van der Waals surface area contributed by atoms with Crippen molar-refractivity contribution in [3.63, 3.8) is 0 Å². The molecule has 29 heavy (non-hydrogen) atoms. The number of halogens is 4. The van der Waals surface area contributed by atoms with Crippen LogP contribution in [0.1, 0.15) is 5.56 Å². The van der Waals surface area contributed by atoms with Gasteiger partial charge < -0.3 is 4.74 Å². The highest BCUT2D eigenvalue weighted by Gasteiger charge is 2.18. The minimum absolute atomic E-state index is 0.0247. The Morgan fingerprint density at radius 1 is 1.17 bits per heavy atom. The maximum Gasteiger partial charge on any atom is 0.159 e. The minimum atomic E-state index is -0.528. The highest BCUT2D eigenvalue weighted by molar-refractivity contribution is 9.10. The number of hydrogen-bond acceptors (Lipinski definition) is 4. The van der Waals surface area contributed by atoms with Crippen LogP contribution >= 0.6 is 50.9 Å². The maximum absolute atomic E-state index is 13.9. The van der Waals surface area contributed by atoms with Gasteiger partial charge in [-0.15, -0.1) is 0 Å². The Labute approximate surface area is 189 Å². The molecule has 2 aromatic heterocycles. The van der Waals surface area contributed by atoms with Crippen molar-refractivity contribution in [1.29, 1.82) is 0 Å². The molecule has 0 radical (unpaired) electrons. The molecule has 4 rings (SSSR count). The van der Waals surface area contributed by atoms with E-state index >= 15 is 0 Å². The van der Waals surface area contributed by atoms with Crippen LogP contribution in [-0.2, 0) is 6.54 Å². The van der Waals surface area contributed by atoms with E-state index in [-0.39, 0.29) is 5.02 Å². The van der Waals surface area contributed by atoms with Gasteiger partial charge in [-0.25, -0.2) is 14.1 Å². The lowest BCUT2D eigenvalue weighted by Gasteiger charge is -2.06. The molecule has 0 fully saturated rings. The molecular formula is C20H13BrCl2FN3OS. The third-order valence-electron chi connectivity index (χ3n) is 4.21. The second-order valence-electron chi connectivity index (χ2n) is 6.11. The molecule has 0 aliphatic heterocycles. The van der Waals surface area contributed by atoms with Crippen molar-refractivity contribution in [2.24, 2.45) is 0 Å². The van der Waals surface area contributed by atoms with Gasteiger partial charge in [0.2, 0.25) is 0 Å². The van der Waals surface area contributed by atoms with Gasteiger partial charge in [0.25, 0.3) is 0 Å². The first-order chi connectivity index (χ1) is 14.0. The van der Waals surface area contributed by atoms with Crippen molar-refractivity contribution in [1.82, 2.24) is 14.8 Å². The SMILES string of the molecule is COc1ccc(Cn2nc(Sc3c(Cl)ccc(F)c3Cl)c3cc(Br)cnc32)cc1. The van der Waals surface area contributed by atoms with Gasteiger partial charge in [-0.3, -0.25) is 0 Å². The monoisotopic (exact) mass is 511 g/mol. The lowest BCUT2D eigenvalue weighted by Crippen LogP contribution is -2.02. The van der Waals surface area contributed by atoms with Crippen LogP contribution in [0.25, 0.3) is 11.0 Å². The van der Waals surface area contributed by atoms with Crippen molar-refractivity contribution >= 4 is 61.9 Å². The molecule has 0 amide bonds. The zero-order valence-corrected chi connectivity index (χ0v) is 18.9. The van der Waals surface area contributed by atoms with Gasteiger partial charge in [-0.1, -0.05) is 47.1 Å². The minimum Gasteiger partial charge on any atom is -0.497 e. The van der Waals surface area contributed by atoms with E-state index in [1.54, 1.807) is 18.0 Å². The van der Waals surface area contributed by atoms with Crippen molar-refractivity contribution in [3.8, 4) is 5.75 Å². The number of pyridine rings is 1. The van der Waals surface area contributed by atoms with Gasteiger partial charge in [0.05, 0.1) is 34.0 Å². The maximum atomic E-state index is 13.9. The van der Waals surface area contributed by atoms with Crippen LogP contribution in [0.15, 0.2) is 63.1 Å². The van der Waals surface area contributed by atoms with Gasteiger partial charge >= 0.3 is 0 Å². The molecule has 2 heterocycles. The molecule has 0 aliphatic carbocycles. The first kappa shape index (κ1) is 20.5. The van der Waals surface area contributed by atoms with E-state index in [4.69, 9.17) is 33.0 Å². The standard InChI is InChI=1S/C20H13BrCl2FN3OS/c1-28-13-4-2-11(3-5-13)10-27-19-14(8-12(21)9-25-19)20(26-27)29-18-15(22)6-7-16(24)17(18)23/h2-9H,10H2,1H3. The van der Waals surface area contributed by atoms with Crippen molar-refractivity contribution in [2.45, 2.75) is 16.5 Å². The number of benzene rings is 2. The van der Waals surface area contributed by atoms with Crippen LogP contribution in [0.2, 0.25) is 10.0 Å². The number of aromatic nitrogens is 3. The Morgan fingerprint density at radius 2 is 1.93 bits per heavy atom. The summed E-state index contributed by atoms with van der Waals surface area (Å²) in [6, 6.07) is 12.4. The highest BCUT2D eigenvalue weighted by atomic mass is 79.9. The summed E-state index contributed by atoms with van der Waals surface area (Å²) in [5.74, 6) is 0.257. The zero-order valence-electron chi connectivity index (χ0n) is 15.0. The molecule has 0 saturated heterocycles. The molecule has 4 nitrogen and oxygen atoms in total. The summed E-state index contributed by atoms with van der Waals surface area (Å²) in [5, 5.41) is 6.49. The summed E-state index contributed by atoms with van der Waals surface area (Å²) in [5.41, 5.74) is 1.74. The topological polar surface area (TPSA) is 39.9 Å². The summed E-state index contributed by atoms with van der Waals surface area (Å²) in [6.07, 6.45) is 1.71. The smallest absolute Gasteiger partial charge is 0.159 e. The number of rotatable bonds is 5. The van der Waals surface area contributed by atoms with Crippen molar-refractivity contribution < 1.29 is 9.13 Å². The lowest BCUT2D eigenvalue weighted by atomic mass is 10.2. The first-order valence-corrected chi connectivity index (χ1v) is 10.8. The second kappa shape index (κ2) is 8.52. The van der Waals surface area contributed by atoms with Gasteiger partial charge in [0, 0.05) is 10.7 Å². The van der Waals surface area contributed by atoms with Crippen LogP contribution in [0, 0.1) is 5.82 Å². The van der Waals surface area contributed by atoms with E-state index in [0.717, 1.165) is 21.2 Å².